The molecule has 0 radical (unpaired) electrons. The van der Waals surface area contributed by atoms with Gasteiger partial charge in [0.1, 0.15) is 5.76 Å². The number of amides is 1. The van der Waals surface area contributed by atoms with Crippen LogP contribution in [0.2, 0.25) is 0 Å². The number of halogens is 1. The molecule has 6 heteroatoms. The molecule has 30 heavy (non-hydrogen) atoms. The first-order valence-corrected chi connectivity index (χ1v) is 10.5. The molecule has 2 aromatic carbocycles. The Morgan fingerprint density at radius 3 is 2.53 bits per heavy atom. The molecule has 0 fully saturated rings. The zero-order chi connectivity index (χ0) is 21.6. The highest BCUT2D eigenvalue weighted by Crippen LogP contribution is 2.45. The van der Waals surface area contributed by atoms with E-state index in [1.54, 1.807) is 36.1 Å². The average molecular weight is 468 g/mol. The fraction of sp³-hybridized carbons (Fsp3) is 0.250. The molecule has 1 aliphatic rings. The van der Waals surface area contributed by atoms with Crippen molar-refractivity contribution in [2.24, 2.45) is 0 Å². The van der Waals surface area contributed by atoms with E-state index in [4.69, 9.17) is 4.42 Å². The van der Waals surface area contributed by atoms with Gasteiger partial charge in [-0.05, 0) is 62.2 Å². The smallest absolute Gasteiger partial charge is 0.264 e. The van der Waals surface area contributed by atoms with Crippen LogP contribution in [0.4, 0.5) is 5.69 Å². The molecule has 154 valence electrons. The van der Waals surface area contributed by atoms with Crippen molar-refractivity contribution in [1.82, 2.24) is 0 Å². The number of anilines is 1. The number of aryl methyl sites for hydroxylation is 3. The Labute approximate surface area is 183 Å². The number of carbonyl (C=O) groups excluding carboxylic acids is 2. The van der Waals surface area contributed by atoms with E-state index in [1.807, 2.05) is 32.0 Å². The van der Waals surface area contributed by atoms with E-state index in [-0.39, 0.29) is 12.2 Å². The number of rotatable bonds is 5. The Hall–Kier alpha value is -2.70. The maximum absolute atomic E-state index is 13.4. The molecule has 2 heterocycles. The molecule has 5 nitrogen and oxygen atoms in total. The van der Waals surface area contributed by atoms with Gasteiger partial charge in [0.25, 0.3) is 5.91 Å². The summed E-state index contributed by atoms with van der Waals surface area (Å²) in [4.78, 5) is 27.8. The minimum Gasteiger partial charge on any atom is -0.458 e. The van der Waals surface area contributed by atoms with Gasteiger partial charge in [-0.15, -0.1) is 0 Å². The number of hydrogen-bond donors (Lipinski definition) is 1. The third-order valence-corrected chi connectivity index (χ3v) is 6.05. The zero-order valence-electron chi connectivity index (χ0n) is 17.0. The number of hydrogen-bond acceptors (Lipinski definition) is 4. The molecular formula is C24H22BrNO4. The second kappa shape index (κ2) is 7.52. The number of fused-ring (bicyclic) bond motifs is 1. The van der Waals surface area contributed by atoms with E-state index in [2.05, 4.69) is 22.0 Å². The molecule has 0 spiro atoms. The second-order valence-corrected chi connectivity index (χ2v) is 8.77. The van der Waals surface area contributed by atoms with Crippen molar-refractivity contribution in [3.8, 4) is 0 Å². The van der Waals surface area contributed by atoms with Crippen LogP contribution in [-0.4, -0.2) is 16.8 Å². The largest absolute Gasteiger partial charge is 0.458 e. The molecule has 0 saturated heterocycles. The van der Waals surface area contributed by atoms with Crippen LogP contribution in [0.5, 0.6) is 0 Å². The first kappa shape index (κ1) is 20.6. The van der Waals surface area contributed by atoms with E-state index >= 15 is 0 Å². The Balaban J connectivity index is 1.72. The molecule has 1 aliphatic heterocycles. The van der Waals surface area contributed by atoms with Gasteiger partial charge in [0.15, 0.2) is 11.4 Å². The lowest BCUT2D eigenvalue weighted by atomic mass is 9.89. The van der Waals surface area contributed by atoms with Crippen molar-refractivity contribution < 1.29 is 19.1 Å². The standard InChI is InChI=1S/C24H22BrNO4/c1-14-4-6-17(15(2)10-14)13-26-20-8-7-18(25)11-19(20)24(29,23(26)28)12-21(27)22-9-5-16(3)30-22/h4-11,29H,12-13H2,1-3H3/t24-/m0/s1. The monoisotopic (exact) mass is 467 g/mol. The summed E-state index contributed by atoms with van der Waals surface area (Å²) in [6.45, 7) is 6.08. The molecule has 0 unspecified atom stereocenters. The predicted molar refractivity (Wildman–Crippen MR) is 118 cm³/mol. The van der Waals surface area contributed by atoms with Crippen molar-refractivity contribution >= 4 is 33.3 Å². The summed E-state index contributed by atoms with van der Waals surface area (Å²) in [7, 11) is 0. The minimum absolute atomic E-state index is 0.137. The van der Waals surface area contributed by atoms with Gasteiger partial charge in [0.05, 0.1) is 18.7 Å². The molecule has 1 atom stereocenters. The first-order chi connectivity index (χ1) is 14.2. The summed E-state index contributed by atoms with van der Waals surface area (Å²) in [6, 6.07) is 14.6. The van der Waals surface area contributed by atoms with Crippen LogP contribution < -0.4 is 4.90 Å². The van der Waals surface area contributed by atoms with Crippen molar-refractivity contribution in [1.29, 1.82) is 0 Å². The Morgan fingerprint density at radius 1 is 1.10 bits per heavy atom. The normalized spacial score (nSPS) is 18.0. The summed E-state index contributed by atoms with van der Waals surface area (Å²) in [5.41, 5.74) is 2.27. The number of aliphatic hydroxyl groups is 1. The van der Waals surface area contributed by atoms with Gasteiger partial charge < -0.3 is 14.4 Å². The van der Waals surface area contributed by atoms with Crippen molar-refractivity contribution in [3.63, 3.8) is 0 Å². The van der Waals surface area contributed by atoms with Gasteiger partial charge in [0.2, 0.25) is 5.78 Å². The number of nitrogens with zero attached hydrogens (tertiary/aromatic N) is 1. The number of furan rings is 1. The molecule has 1 amide bonds. The minimum atomic E-state index is -1.95. The maximum Gasteiger partial charge on any atom is 0.264 e. The van der Waals surface area contributed by atoms with Gasteiger partial charge >= 0.3 is 0 Å². The van der Waals surface area contributed by atoms with E-state index in [0.29, 0.717) is 23.6 Å². The molecule has 0 aliphatic carbocycles. The molecule has 1 N–H and O–H groups in total. The lowest BCUT2D eigenvalue weighted by Gasteiger charge is -2.23. The highest BCUT2D eigenvalue weighted by atomic mass is 79.9. The number of carbonyl (C=O) groups is 2. The summed E-state index contributed by atoms with van der Waals surface area (Å²) >= 11 is 3.41. The van der Waals surface area contributed by atoms with E-state index in [9.17, 15) is 14.7 Å². The highest BCUT2D eigenvalue weighted by molar-refractivity contribution is 9.10. The maximum atomic E-state index is 13.4. The van der Waals surface area contributed by atoms with Gasteiger partial charge in [-0.25, -0.2) is 0 Å². The molecule has 1 aromatic heterocycles. The quantitative estimate of drug-likeness (QED) is 0.537. The third kappa shape index (κ3) is 3.50. The fourth-order valence-electron chi connectivity index (χ4n) is 3.95. The third-order valence-electron chi connectivity index (χ3n) is 5.55. The van der Waals surface area contributed by atoms with Crippen LogP contribution in [-0.2, 0) is 16.9 Å². The Kier molecular flexibility index (Phi) is 5.16. The van der Waals surface area contributed by atoms with E-state index < -0.39 is 17.3 Å². The first-order valence-electron chi connectivity index (χ1n) is 9.69. The van der Waals surface area contributed by atoms with Crippen LogP contribution in [0.3, 0.4) is 0 Å². The molecule has 0 saturated carbocycles. The van der Waals surface area contributed by atoms with Crippen LogP contribution in [0.15, 0.2) is 57.4 Å². The van der Waals surface area contributed by atoms with Gasteiger partial charge in [-0.3, -0.25) is 9.59 Å². The summed E-state index contributed by atoms with van der Waals surface area (Å²) in [6.07, 6.45) is -0.383. The summed E-state index contributed by atoms with van der Waals surface area (Å²) < 4.78 is 6.13. The fourth-order valence-corrected chi connectivity index (χ4v) is 4.31. The van der Waals surface area contributed by atoms with Crippen LogP contribution in [0.1, 0.15) is 45.0 Å². The Bertz CT molecular complexity index is 1170. The van der Waals surface area contributed by atoms with E-state index in [0.717, 1.165) is 21.2 Å². The average Bonchev–Trinajstić information content (AvgIpc) is 3.20. The predicted octanol–water partition coefficient (Wildman–Crippen LogP) is 4.97. The van der Waals surface area contributed by atoms with E-state index in [1.165, 1.54) is 0 Å². The van der Waals surface area contributed by atoms with Crippen LogP contribution in [0, 0.1) is 20.8 Å². The van der Waals surface area contributed by atoms with Gasteiger partial charge in [-0.2, -0.15) is 0 Å². The topological polar surface area (TPSA) is 70.8 Å². The van der Waals surface area contributed by atoms with Crippen LogP contribution >= 0.6 is 15.9 Å². The molecule has 4 rings (SSSR count). The highest BCUT2D eigenvalue weighted by Gasteiger charge is 2.51. The molecular weight excluding hydrogens is 446 g/mol. The van der Waals surface area contributed by atoms with Crippen LogP contribution in [0.25, 0.3) is 0 Å². The van der Waals surface area contributed by atoms with Crippen molar-refractivity contribution in [2.45, 2.75) is 39.3 Å². The number of Topliss-reactive ketones (excluding diaryl/α,β-unsaturated/α-hetero) is 1. The lowest BCUT2D eigenvalue weighted by molar-refractivity contribution is -0.136. The molecule has 3 aromatic rings. The SMILES string of the molecule is Cc1ccc(CN2C(=O)[C@](O)(CC(=O)c3ccc(C)o3)c3cc(Br)ccc32)c(C)c1. The van der Waals surface area contributed by atoms with Crippen molar-refractivity contribution in [2.75, 3.05) is 4.90 Å². The number of benzene rings is 2. The Morgan fingerprint density at radius 2 is 1.87 bits per heavy atom. The summed E-state index contributed by atoms with van der Waals surface area (Å²) in [5.74, 6) is -0.189. The van der Waals surface area contributed by atoms with Gasteiger partial charge in [0, 0.05) is 10.0 Å². The molecule has 0 bridgehead atoms. The number of ketones is 1. The summed E-state index contributed by atoms with van der Waals surface area (Å²) in [5, 5.41) is 11.5. The second-order valence-electron chi connectivity index (χ2n) is 7.85. The zero-order valence-corrected chi connectivity index (χ0v) is 18.6. The lowest BCUT2D eigenvalue weighted by Crippen LogP contribution is -2.41. The van der Waals surface area contributed by atoms with Gasteiger partial charge in [-0.1, -0.05) is 39.7 Å². The van der Waals surface area contributed by atoms with Crippen molar-refractivity contribution in [3.05, 3.63) is 86.8 Å².